The Balaban J connectivity index is 2.15. The molecule has 0 saturated carbocycles. The molecule has 0 spiro atoms. The van der Waals surface area contributed by atoms with Crippen LogP contribution in [0.3, 0.4) is 0 Å². The third-order valence-electron chi connectivity index (χ3n) is 4.24. The zero-order chi connectivity index (χ0) is 22.0. The van der Waals surface area contributed by atoms with Gasteiger partial charge >= 0.3 is 5.97 Å². The van der Waals surface area contributed by atoms with Gasteiger partial charge < -0.3 is 10.8 Å². The summed E-state index contributed by atoms with van der Waals surface area (Å²) >= 11 is 0. The Bertz CT molecular complexity index is 1230. The lowest BCUT2D eigenvalue weighted by molar-refractivity contribution is -0.131. The molecule has 0 aliphatic heterocycles. The Morgan fingerprint density at radius 2 is 1.73 bits per heavy atom. The minimum atomic E-state index is -1.20. The molecular weight excluding hydrogens is 413 g/mol. The smallest absolute Gasteiger partial charge is 0.328 e. The molecule has 0 radical (unpaired) electrons. The van der Waals surface area contributed by atoms with Crippen LogP contribution in [0.25, 0.3) is 11.8 Å². The zero-order valence-electron chi connectivity index (χ0n) is 15.3. The van der Waals surface area contributed by atoms with Crippen molar-refractivity contribution in [1.29, 1.82) is 0 Å². The first-order valence-corrected chi connectivity index (χ1v) is 9.09. The number of benzene rings is 2. The first-order chi connectivity index (χ1) is 14.2. The molecule has 3 rings (SSSR count). The van der Waals surface area contributed by atoms with Crippen LogP contribution in [0.15, 0.2) is 59.4 Å². The number of hydrogen-bond acceptors (Lipinski definition) is 4. The highest BCUT2D eigenvalue weighted by Crippen LogP contribution is 2.22. The van der Waals surface area contributed by atoms with Gasteiger partial charge in [0.25, 0.3) is 5.56 Å². The van der Waals surface area contributed by atoms with E-state index in [4.69, 9.17) is 10.8 Å². The molecule has 0 bridgehead atoms. The van der Waals surface area contributed by atoms with Crippen molar-refractivity contribution < 1.29 is 23.5 Å². The van der Waals surface area contributed by atoms with Crippen LogP contribution in [-0.2, 0) is 4.79 Å². The maximum atomic E-state index is 14.8. The number of aromatic nitrogens is 1. The van der Waals surface area contributed by atoms with Crippen LogP contribution in [0.1, 0.15) is 21.5 Å². The maximum absolute atomic E-state index is 14.8. The van der Waals surface area contributed by atoms with Crippen molar-refractivity contribution in [2.45, 2.75) is 0 Å². The van der Waals surface area contributed by atoms with Crippen LogP contribution in [-0.4, -0.2) is 21.4 Å². The summed E-state index contributed by atoms with van der Waals surface area (Å²) in [5.74, 6) is -3.40. The lowest BCUT2D eigenvalue weighted by atomic mass is 10.0. The van der Waals surface area contributed by atoms with Crippen molar-refractivity contribution in [2.24, 2.45) is 0 Å². The third kappa shape index (κ3) is 4.18. The second kappa shape index (κ2) is 8.39. The number of pyridine rings is 1. The number of aliphatic carboxylic acids is 1. The summed E-state index contributed by atoms with van der Waals surface area (Å²) in [6, 6.07) is 9.58. The van der Waals surface area contributed by atoms with Crippen molar-refractivity contribution in [3.63, 3.8) is 0 Å². The minimum Gasteiger partial charge on any atom is -0.478 e. The summed E-state index contributed by atoms with van der Waals surface area (Å²) in [5, 5.41) is 8.93. The van der Waals surface area contributed by atoms with E-state index in [0.29, 0.717) is 0 Å². The van der Waals surface area contributed by atoms with Gasteiger partial charge in [0.1, 0.15) is 17.5 Å². The molecule has 1 atom stereocenters. The Morgan fingerprint density at radius 3 is 2.33 bits per heavy atom. The highest BCUT2D eigenvalue weighted by molar-refractivity contribution is 7.27. The van der Waals surface area contributed by atoms with Crippen molar-refractivity contribution in [3.05, 3.63) is 93.3 Å². The molecule has 152 valence electrons. The Kier molecular flexibility index (Phi) is 5.89. The van der Waals surface area contributed by atoms with E-state index >= 15 is 0 Å². The van der Waals surface area contributed by atoms with E-state index in [-0.39, 0.29) is 33.5 Å². The minimum absolute atomic E-state index is 0.0557. The van der Waals surface area contributed by atoms with Gasteiger partial charge in [0.2, 0.25) is 0 Å². The van der Waals surface area contributed by atoms with Gasteiger partial charge in [-0.25, -0.2) is 13.6 Å². The molecule has 0 fully saturated rings. The van der Waals surface area contributed by atoms with Crippen LogP contribution in [0.5, 0.6) is 0 Å². The fraction of sp³-hybridized carbons (Fsp3) is 0. The summed E-state index contributed by atoms with van der Waals surface area (Å²) in [6.45, 7) is 0. The summed E-state index contributed by atoms with van der Waals surface area (Å²) < 4.78 is 28.8. The van der Waals surface area contributed by atoms with Crippen LogP contribution < -0.4 is 16.6 Å². The topological polar surface area (TPSA) is 102 Å². The maximum Gasteiger partial charge on any atom is 0.328 e. The van der Waals surface area contributed by atoms with E-state index in [1.54, 1.807) is 0 Å². The summed E-state index contributed by atoms with van der Waals surface area (Å²) in [6.07, 6.45) is 2.05. The van der Waals surface area contributed by atoms with E-state index in [1.807, 2.05) is 0 Å². The summed E-state index contributed by atoms with van der Waals surface area (Å²) in [7, 11) is 2.25. The number of nitrogens with two attached hydrogens (primary N) is 1. The monoisotopic (exact) mass is 428 g/mol. The molecule has 6 nitrogen and oxygen atoms in total. The molecule has 1 heterocycles. The molecule has 0 saturated heterocycles. The van der Waals surface area contributed by atoms with Crippen molar-refractivity contribution in [3.8, 4) is 5.69 Å². The Labute approximate surface area is 171 Å². The van der Waals surface area contributed by atoms with Gasteiger partial charge in [-0.2, -0.15) is 0 Å². The Hall–Kier alpha value is -3.64. The number of carboxylic acid groups (broad SMARTS) is 1. The van der Waals surface area contributed by atoms with Gasteiger partial charge in [-0.05, 0) is 59.4 Å². The van der Waals surface area contributed by atoms with Gasteiger partial charge in [-0.3, -0.25) is 14.2 Å². The molecule has 3 N–H and O–H groups in total. The predicted molar refractivity (Wildman–Crippen MR) is 112 cm³/mol. The normalized spacial score (nSPS) is 11.0. The van der Waals surface area contributed by atoms with Gasteiger partial charge in [0, 0.05) is 17.7 Å². The molecule has 3 aromatic rings. The first-order valence-electron chi connectivity index (χ1n) is 8.51. The van der Waals surface area contributed by atoms with E-state index in [2.05, 4.69) is 9.24 Å². The SMILES string of the molecule is Nc1c(C(=O)c2ccc(F)cc2)ccc(=O)n1-c1c(F)cc(/C=C/C(=O)O)cc1P. The molecular formula is C21H15F2N2O4P. The van der Waals surface area contributed by atoms with Crippen LogP contribution in [0, 0.1) is 11.6 Å². The first kappa shape index (κ1) is 21.1. The summed E-state index contributed by atoms with van der Waals surface area (Å²) in [5.41, 5.74) is 5.55. The Morgan fingerprint density at radius 1 is 1.07 bits per heavy atom. The summed E-state index contributed by atoms with van der Waals surface area (Å²) in [4.78, 5) is 35.9. The van der Waals surface area contributed by atoms with Gasteiger partial charge in [-0.1, -0.05) is 0 Å². The van der Waals surface area contributed by atoms with Crippen LogP contribution >= 0.6 is 9.24 Å². The average molecular weight is 428 g/mol. The number of hydrogen-bond donors (Lipinski definition) is 2. The quantitative estimate of drug-likeness (QED) is 0.369. The second-order valence-corrected chi connectivity index (χ2v) is 6.88. The van der Waals surface area contributed by atoms with E-state index in [9.17, 15) is 23.2 Å². The number of carboxylic acids is 1. The van der Waals surface area contributed by atoms with E-state index in [0.717, 1.165) is 34.9 Å². The van der Waals surface area contributed by atoms with E-state index < -0.39 is 28.9 Å². The number of halogens is 2. The molecule has 30 heavy (non-hydrogen) atoms. The molecule has 2 aromatic carbocycles. The number of carbonyl (C=O) groups excluding carboxylic acids is 1. The van der Waals surface area contributed by atoms with Gasteiger partial charge in [-0.15, -0.1) is 9.24 Å². The molecule has 0 aliphatic rings. The molecule has 9 heteroatoms. The number of rotatable bonds is 5. The number of nitrogen functional groups attached to an aromatic ring is 1. The van der Waals surface area contributed by atoms with Crippen LogP contribution in [0.4, 0.5) is 14.6 Å². The van der Waals surface area contributed by atoms with Gasteiger partial charge in [0.15, 0.2) is 5.78 Å². The number of nitrogens with zero attached hydrogens (tertiary/aromatic N) is 1. The fourth-order valence-corrected chi connectivity index (χ4v) is 3.33. The average Bonchev–Trinajstić information content (AvgIpc) is 2.68. The molecule has 0 amide bonds. The van der Waals surface area contributed by atoms with Crippen LogP contribution in [0.2, 0.25) is 0 Å². The lowest BCUT2D eigenvalue weighted by Crippen LogP contribution is -2.27. The highest BCUT2D eigenvalue weighted by Gasteiger charge is 2.20. The zero-order valence-corrected chi connectivity index (χ0v) is 16.5. The second-order valence-electron chi connectivity index (χ2n) is 6.25. The fourth-order valence-electron chi connectivity index (χ4n) is 2.87. The van der Waals surface area contributed by atoms with E-state index in [1.165, 1.54) is 30.3 Å². The van der Waals surface area contributed by atoms with Crippen molar-refractivity contribution in [2.75, 3.05) is 5.73 Å². The van der Waals surface area contributed by atoms with Crippen molar-refractivity contribution >= 4 is 38.2 Å². The predicted octanol–water partition coefficient (Wildman–Crippen LogP) is 2.53. The molecule has 1 unspecified atom stereocenters. The number of carbonyl (C=O) groups is 2. The number of anilines is 1. The molecule has 1 aromatic heterocycles. The highest BCUT2D eigenvalue weighted by atomic mass is 31.0. The third-order valence-corrected chi connectivity index (χ3v) is 4.68. The largest absolute Gasteiger partial charge is 0.478 e. The standard InChI is InChI=1S/C21H15F2N2O4P/c22-13-4-2-12(3-5-13)20(29)14-6-7-17(26)25(21(14)24)19-15(23)9-11(10-16(19)30)1-8-18(27)28/h1-10H,24,30H2,(H,27,28)/b8-1+. The number of ketones is 1. The van der Waals surface area contributed by atoms with Gasteiger partial charge in [0.05, 0.1) is 11.3 Å². The van der Waals surface area contributed by atoms with Crippen molar-refractivity contribution in [1.82, 2.24) is 4.57 Å². The molecule has 0 aliphatic carbocycles. The lowest BCUT2D eigenvalue weighted by Gasteiger charge is -2.16.